The number of ether oxygens (including phenoxy) is 1. The Kier molecular flexibility index (Phi) is 10.9. The van der Waals surface area contributed by atoms with E-state index < -0.39 is 24.3 Å². The van der Waals surface area contributed by atoms with Crippen LogP contribution in [-0.4, -0.2) is 88.2 Å². The molecule has 1 amide bonds. The number of carbonyl (C=O) groups is 3. The van der Waals surface area contributed by atoms with Gasteiger partial charge in [-0.15, -0.1) is 0 Å². The van der Waals surface area contributed by atoms with Gasteiger partial charge in [-0.2, -0.15) is 26.3 Å². The van der Waals surface area contributed by atoms with Gasteiger partial charge in [0.25, 0.3) is 5.91 Å². The quantitative estimate of drug-likeness (QED) is 0.470. The van der Waals surface area contributed by atoms with Gasteiger partial charge < -0.3 is 25.2 Å². The summed E-state index contributed by atoms with van der Waals surface area (Å²) in [6.07, 6.45) is 0.653. The number of carbonyl (C=O) groups excluding carboxylic acids is 1. The topological polar surface area (TPSA) is 129 Å². The summed E-state index contributed by atoms with van der Waals surface area (Å²) in [6, 6.07) is 3.48. The van der Waals surface area contributed by atoms with Crippen molar-refractivity contribution in [3.8, 4) is 0 Å². The highest BCUT2D eigenvalue weighted by molar-refractivity contribution is 5.93. The van der Waals surface area contributed by atoms with Crippen LogP contribution >= 0.6 is 0 Å². The highest BCUT2D eigenvalue weighted by Gasteiger charge is 2.44. The van der Waals surface area contributed by atoms with E-state index in [1.807, 2.05) is 0 Å². The molecule has 38 heavy (non-hydrogen) atoms. The second-order valence-corrected chi connectivity index (χ2v) is 9.30. The predicted molar refractivity (Wildman–Crippen MR) is 119 cm³/mol. The molecule has 1 saturated carbocycles. The second kappa shape index (κ2) is 13.2. The normalized spacial score (nSPS) is 23.5. The highest BCUT2D eigenvalue weighted by Crippen LogP contribution is 2.38. The van der Waals surface area contributed by atoms with E-state index in [0.29, 0.717) is 12.1 Å². The number of amides is 1. The number of pyridine rings is 1. The summed E-state index contributed by atoms with van der Waals surface area (Å²) in [5.41, 5.74) is 0.700. The van der Waals surface area contributed by atoms with Gasteiger partial charge in [0, 0.05) is 44.1 Å². The Morgan fingerprint density at radius 2 is 1.55 bits per heavy atom. The van der Waals surface area contributed by atoms with Crippen LogP contribution in [0.3, 0.4) is 0 Å². The zero-order chi connectivity index (χ0) is 28.6. The first-order valence-corrected chi connectivity index (χ1v) is 11.8. The van der Waals surface area contributed by atoms with Gasteiger partial charge >= 0.3 is 24.3 Å². The fourth-order valence-corrected chi connectivity index (χ4v) is 4.13. The van der Waals surface area contributed by atoms with Gasteiger partial charge in [-0.1, -0.05) is 0 Å². The summed E-state index contributed by atoms with van der Waals surface area (Å²) in [6.45, 7) is 4.12. The highest BCUT2D eigenvalue weighted by atomic mass is 19.4. The fraction of sp³-hybridized carbons (Fsp3) is 0.652. The minimum absolute atomic E-state index is 0.0394. The maximum atomic E-state index is 12.2. The SMILES string of the molecule is O=C(NC[C@@H]1CCC[C@]2(CCN(CC3CC3)C2)O1)c1ccncc1.O=C(O)C(F)(F)F.O=C(O)C(F)(F)F. The Morgan fingerprint density at radius 1 is 1.00 bits per heavy atom. The molecule has 1 aromatic heterocycles. The molecule has 3 heterocycles. The molecule has 3 N–H and O–H groups in total. The van der Waals surface area contributed by atoms with Crippen molar-refractivity contribution < 1.29 is 55.7 Å². The number of halogens is 6. The third kappa shape index (κ3) is 10.8. The first-order chi connectivity index (χ1) is 17.6. The zero-order valence-corrected chi connectivity index (χ0v) is 20.2. The number of carboxylic acid groups (broad SMARTS) is 2. The number of hydrogen-bond donors (Lipinski definition) is 3. The maximum absolute atomic E-state index is 12.2. The van der Waals surface area contributed by atoms with E-state index in [4.69, 9.17) is 24.5 Å². The summed E-state index contributed by atoms with van der Waals surface area (Å²) in [7, 11) is 0. The molecule has 2 atom stereocenters. The molecule has 3 aliphatic rings. The van der Waals surface area contributed by atoms with Crippen LogP contribution in [0.15, 0.2) is 24.5 Å². The van der Waals surface area contributed by atoms with Gasteiger partial charge in [0.05, 0.1) is 11.7 Å². The molecule has 0 unspecified atom stereocenters. The van der Waals surface area contributed by atoms with Crippen LogP contribution in [0.4, 0.5) is 26.3 Å². The van der Waals surface area contributed by atoms with Crippen molar-refractivity contribution in [2.45, 2.75) is 62.6 Å². The molecule has 214 valence electrons. The number of nitrogens with zero attached hydrogens (tertiary/aromatic N) is 2. The lowest BCUT2D eigenvalue weighted by Crippen LogP contribution is -2.47. The number of hydrogen-bond acceptors (Lipinski definition) is 6. The Hall–Kier alpha value is -2.94. The average Bonchev–Trinajstić information content (AvgIpc) is 3.57. The van der Waals surface area contributed by atoms with E-state index in [-0.39, 0.29) is 17.6 Å². The van der Waals surface area contributed by atoms with Crippen LogP contribution in [0, 0.1) is 5.92 Å². The van der Waals surface area contributed by atoms with Crippen LogP contribution in [0.2, 0.25) is 0 Å². The molecular weight excluding hydrogens is 528 g/mol. The smallest absolute Gasteiger partial charge is 0.475 e. The number of alkyl halides is 6. The molecule has 1 aliphatic carbocycles. The van der Waals surface area contributed by atoms with Crippen molar-refractivity contribution in [2.24, 2.45) is 5.92 Å². The van der Waals surface area contributed by atoms with Gasteiger partial charge in [0.15, 0.2) is 0 Å². The molecule has 15 heteroatoms. The number of rotatable bonds is 5. The van der Waals surface area contributed by atoms with Crippen molar-refractivity contribution in [1.82, 2.24) is 15.2 Å². The van der Waals surface area contributed by atoms with E-state index in [2.05, 4.69) is 15.2 Å². The van der Waals surface area contributed by atoms with Crippen molar-refractivity contribution in [1.29, 1.82) is 0 Å². The lowest BCUT2D eigenvalue weighted by atomic mass is 9.90. The molecule has 2 aliphatic heterocycles. The molecular formula is C23H29F6N3O6. The third-order valence-corrected chi connectivity index (χ3v) is 6.10. The Morgan fingerprint density at radius 3 is 2.05 bits per heavy atom. The van der Waals surface area contributed by atoms with Gasteiger partial charge in [-0.3, -0.25) is 9.78 Å². The van der Waals surface area contributed by atoms with E-state index in [0.717, 1.165) is 25.3 Å². The zero-order valence-electron chi connectivity index (χ0n) is 20.2. The lowest BCUT2D eigenvalue weighted by molar-refractivity contribution is -0.193. The van der Waals surface area contributed by atoms with Crippen molar-refractivity contribution in [2.75, 3.05) is 26.2 Å². The minimum Gasteiger partial charge on any atom is -0.475 e. The number of likely N-dealkylation sites (tertiary alicyclic amines) is 1. The van der Waals surface area contributed by atoms with E-state index in [1.165, 1.54) is 38.8 Å². The van der Waals surface area contributed by atoms with Crippen LogP contribution in [0.1, 0.15) is 48.9 Å². The van der Waals surface area contributed by atoms with Crippen LogP contribution < -0.4 is 5.32 Å². The lowest BCUT2D eigenvalue weighted by Gasteiger charge is -2.39. The molecule has 0 bridgehead atoms. The first kappa shape index (κ1) is 31.3. The van der Waals surface area contributed by atoms with Crippen LogP contribution in [0.25, 0.3) is 0 Å². The van der Waals surface area contributed by atoms with Gasteiger partial charge in [0.1, 0.15) is 0 Å². The molecule has 1 spiro atoms. The number of nitrogens with one attached hydrogen (secondary N) is 1. The van der Waals surface area contributed by atoms with E-state index >= 15 is 0 Å². The Bertz CT molecular complexity index is 918. The summed E-state index contributed by atoms with van der Waals surface area (Å²) in [5.74, 6) is -4.61. The molecule has 1 aromatic rings. The van der Waals surface area contributed by atoms with E-state index in [1.54, 1.807) is 24.5 Å². The van der Waals surface area contributed by atoms with Crippen LogP contribution in [-0.2, 0) is 14.3 Å². The summed E-state index contributed by atoms with van der Waals surface area (Å²) in [5, 5.41) is 17.3. The number of aromatic nitrogens is 1. The first-order valence-electron chi connectivity index (χ1n) is 11.8. The van der Waals surface area contributed by atoms with Gasteiger partial charge in [-0.25, -0.2) is 9.59 Å². The number of carboxylic acids is 2. The average molecular weight is 557 g/mol. The monoisotopic (exact) mass is 557 g/mol. The molecule has 0 radical (unpaired) electrons. The molecule has 0 aromatic carbocycles. The fourth-order valence-electron chi connectivity index (χ4n) is 4.13. The second-order valence-electron chi connectivity index (χ2n) is 9.30. The van der Waals surface area contributed by atoms with Gasteiger partial charge in [0.2, 0.25) is 0 Å². The Balaban J connectivity index is 0.000000301. The minimum atomic E-state index is -5.08. The summed E-state index contributed by atoms with van der Waals surface area (Å²) >= 11 is 0. The molecule has 2 saturated heterocycles. The van der Waals surface area contributed by atoms with Crippen molar-refractivity contribution >= 4 is 17.8 Å². The van der Waals surface area contributed by atoms with Crippen molar-refractivity contribution in [3.63, 3.8) is 0 Å². The number of aliphatic carboxylic acids is 2. The summed E-state index contributed by atoms with van der Waals surface area (Å²) in [4.78, 5) is 36.5. The summed E-state index contributed by atoms with van der Waals surface area (Å²) < 4.78 is 70.0. The third-order valence-electron chi connectivity index (χ3n) is 6.10. The van der Waals surface area contributed by atoms with Crippen molar-refractivity contribution in [3.05, 3.63) is 30.1 Å². The molecule has 3 fully saturated rings. The largest absolute Gasteiger partial charge is 0.490 e. The molecule has 9 nitrogen and oxygen atoms in total. The standard InChI is InChI=1S/C19H27N3O2.2C2HF3O2/c23-18(16-5-9-20-10-6-16)21-12-17-2-1-7-19(24-17)8-11-22(14-19)13-15-3-4-15;2*3-2(4,5)1(6)7/h5-6,9-10,15,17H,1-4,7-8,11-14H2,(H,21,23);2*(H,6,7)/t17-,19+;;/m0../s1. The van der Waals surface area contributed by atoms with Gasteiger partial charge in [-0.05, 0) is 56.6 Å². The van der Waals surface area contributed by atoms with Crippen LogP contribution in [0.5, 0.6) is 0 Å². The predicted octanol–water partition coefficient (Wildman–Crippen LogP) is 3.50. The van der Waals surface area contributed by atoms with E-state index in [9.17, 15) is 31.1 Å². The maximum Gasteiger partial charge on any atom is 0.490 e. The Labute approximate surface area is 214 Å². The molecule has 4 rings (SSSR count).